The Morgan fingerprint density at radius 3 is 2.55 bits per heavy atom. The summed E-state index contributed by atoms with van der Waals surface area (Å²) < 4.78 is 13.2. The number of rotatable bonds is 4. The van der Waals surface area contributed by atoms with Crippen LogP contribution in [-0.2, 0) is 9.59 Å². The zero-order chi connectivity index (χ0) is 20.4. The molecule has 29 heavy (non-hydrogen) atoms. The molecule has 8 heteroatoms. The molecule has 0 atom stereocenters. The van der Waals surface area contributed by atoms with Crippen LogP contribution in [0.3, 0.4) is 0 Å². The molecule has 0 bridgehead atoms. The summed E-state index contributed by atoms with van der Waals surface area (Å²) in [5.41, 5.74) is 2.35. The van der Waals surface area contributed by atoms with Crippen LogP contribution in [-0.4, -0.2) is 22.5 Å². The molecule has 2 aromatic carbocycles. The molecule has 1 aliphatic rings. The van der Waals surface area contributed by atoms with Gasteiger partial charge in [0.2, 0.25) is 5.91 Å². The van der Waals surface area contributed by atoms with Crippen molar-refractivity contribution in [2.24, 2.45) is 5.10 Å². The van der Waals surface area contributed by atoms with Gasteiger partial charge >= 0.3 is 0 Å². The monoisotopic (exact) mass is 408 g/mol. The summed E-state index contributed by atoms with van der Waals surface area (Å²) in [4.78, 5) is 30.3. The molecule has 0 saturated heterocycles. The van der Waals surface area contributed by atoms with Crippen LogP contribution >= 0.6 is 11.3 Å². The maximum atomic E-state index is 13.2. The second-order valence-electron chi connectivity index (χ2n) is 6.47. The van der Waals surface area contributed by atoms with E-state index >= 15 is 0 Å². The predicted octanol–water partition coefficient (Wildman–Crippen LogP) is 4.38. The third-order valence-corrected chi connectivity index (χ3v) is 5.32. The number of benzene rings is 2. The number of thiazole rings is 1. The van der Waals surface area contributed by atoms with Crippen LogP contribution in [0.2, 0.25) is 0 Å². The lowest BCUT2D eigenvalue weighted by Crippen LogP contribution is -2.36. The molecule has 1 aliphatic heterocycles. The molecular formula is C21H17FN4O2S. The van der Waals surface area contributed by atoms with E-state index in [0.717, 1.165) is 10.4 Å². The number of hydrogen-bond acceptors (Lipinski definition) is 5. The van der Waals surface area contributed by atoms with Crippen molar-refractivity contribution in [2.75, 3.05) is 10.3 Å². The highest BCUT2D eigenvalue weighted by atomic mass is 32.1. The van der Waals surface area contributed by atoms with E-state index in [9.17, 15) is 14.0 Å². The fraction of sp³-hybridized carbons (Fsp3) is 0.143. The number of halogens is 1. The standard InChI is InChI=1S/C21H17FN4O2S/c1-13-19(14-7-9-15(22)10-8-14)23-21(29-13)24-20(28)17-11-12-18(27)26(25-17)16-5-3-2-4-6-16/h2-10H,11-12H2,1H3,(H,23,24,28). The Balaban J connectivity index is 1.54. The number of nitrogens with zero attached hydrogens (tertiary/aromatic N) is 3. The van der Waals surface area contributed by atoms with Crippen LogP contribution in [0, 0.1) is 12.7 Å². The smallest absolute Gasteiger partial charge is 0.273 e. The van der Waals surface area contributed by atoms with Crippen molar-refractivity contribution >= 4 is 39.7 Å². The highest BCUT2D eigenvalue weighted by molar-refractivity contribution is 7.16. The maximum absolute atomic E-state index is 13.2. The molecule has 0 fully saturated rings. The van der Waals surface area contributed by atoms with E-state index in [4.69, 9.17) is 0 Å². The number of amides is 2. The summed E-state index contributed by atoms with van der Waals surface area (Å²) in [7, 11) is 0. The average Bonchev–Trinajstić information content (AvgIpc) is 3.09. The highest BCUT2D eigenvalue weighted by Crippen LogP contribution is 2.30. The van der Waals surface area contributed by atoms with E-state index in [2.05, 4.69) is 15.4 Å². The molecule has 0 radical (unpaired) electrons. The van der Waals surface area contributed by atoms with Crippen LogP contribution < -0.4 is 10.3 Å². The SMILES string of the molecule is Cc1sc(NC(=O)C2=NN(c3ccccc3)C(=O)CC2)nc1-c1ccc(F)cc1. The second kappa shape index (κ2) is 7.92. The van der Waals surface area contributed by atoms with Gasteiger partial charge in [-0.25, -0.2) is 14.4 Å². The average molecular weight is 408 g/mol. The van der Waals surface area contributed by atoms with Gasteiger partial charge < -0.3 is 0 Å². The Hall–Kier alpha value is -3.39. The largest absolute Gasteiger partial charge is 0.297 e. The molecule has 1 aromatic heterocycles. The van der Waals surface area contributed by atoms with Gasteiger partial charge in [0.05, 0.1) is 11.4 Å². The summed E-state index contributed by atoms with van der Waals surface area (Å²) in [6.45, 7) is 1.89. The number of carbonyl (C=O) groups excluding carboxylic acids is 2. The van der Waals surface area contributed by atoms with Crippen molar-refractivity contribution in [3.63, 3.8) is 0 Å². The van der Waals surface area contributed by atoms with Gasteiger partial charge in [0.25, 0.3) is 5.91 Å². The molecule has 1 N–H and O–H groups in total. The first kappa shape index (κ1) is 18.9. The zero-order valence-electron chi connectivity index (χ0n) is 15.6. The van der Waals surface area contributed by atoms with Crippen molar-refractivity contribution in [3.8, 4) is 11.3 Å². The first-order valence-electron chi connectivity index (χ1n) is 9.01. The number of hydrogen-bond donors (Lipinski definition) is 1. The van der Waals surface area contributed by atoms with Crippen LogP contribution in [0.25, 0.3) is 11.3 Å². The Labute approximate surface area is 170 Å². The molecule has 146 valence electrons. The predicted molar refractivity (Wildman–Crippen MR) is 111 cm³/mol. The van der Waals surface area contributed by atoms with E-state index in [0.29, 0.717) is 16.5 Å². The Bertz CT molecular complexity index is 1090. The Morgan fingerprint density at radius 1 is 1.10 bits per heavy atom. The summed E-state index contributed by atoms with van der Waals surface area (Å²) in [5, 5.41) is 8.70. The topological polar surface area (TPSA) is 74.7 Å². The minimum Gasteiger partial charge on any atom is -0.297 e. The van der Waals surface area contributed by atoms with E-state index in [1.165, 1.54) is 28.5 Å². The summed E-state index contributed by atoms with van der Waals surface area (Å²) in [6, 6.07) is 15.0. The third kappa shape index (κ3) is 4.07. The number of nitrogens with one attached hydrogen (secondary N) is 1. The Morgan fingerprint density at radius 2 is 1.83 bits per heavy atom. The molecule has 0 unspecified atom stereocenters. The van der Waals surface area contributed by atoms with Gasteiger partial charge in [-0.1, -0.05) is 18.2 Å². The fourth-order valence-electron chi connectivity index (χ4n) is 2.98. The zero-order valence-corrected chi connectivity index (χ0v) is 16.4. The lowest BCUT2D eigenvalue weighted by Gasteiger charge is -2.22. The van der Waals surface area contributed by atoms with E-state index in [1.807, 2.05) is 25.1 Å². The van der Waals surface area contributed by atoms with Gasteiger partial charge in [0, 0.05) is 23.3 Å². The minimum atomic E-state index is -0.391. The van der Waals surface area contributed by atoms with Crippen molar-refractivity contribution in [3.05, 3.63) is 65.3 Å². The molecular weight excluding hydrogens is 391 g/mol. The van der Waals surface area contributed by atoms with Gasteiger partial charge in [-0.2, -0.15) is 5.10 Å². The maximum Gasteiger partial charge on any atom is 0.273 e. The number of carbonyl (C=O) groups is 2. The lowest BCUT2D eigenvalue weighted by atomic mass is 10.1. The van der Waals surface area contributed by atoms with Crippen LogP contribution in [0.1, 0.15) is 17.7 Å². The van der Waals surface area contributed by atoms with Crippen molar-refractivity contribution in [2.45, 2.75) is 19.8 Å². The number of aromatic nitrogens is 1. The molecule has 3 aromatic rings. The molecule has 4 rings (SSSR count). The van der Waals surface area contributed by atoms with E-state index in [-0.39, 0.29) is 30.3 Å². The number of hydrazone groups is 1. The fourth-order valence-corrected chi connectivity index (χ4v) is 3.81. The molecule has 0 aliphatic carbocycles. The van der Waals surface area contributed by atoms with Gasteiger partial charge in [0.15, 0.2) is 5.13 Å². The first-order chi connectivity index (χ1) is 14.0. The van der Waals surface area contributed by atoms with Crippen LogP contribution in [0.4, 0.5) is 15.2 Å². The van der Waals surface area contributed by atoms with Gasteiger partial charge in [0.1, 0.15) is 11.5 Å². The summed E-state index contributed by atoms with van der Waals surface area (Å²) in [6.07, 6.45) is 0.474. The number of aryl methyl sites for hydroxylation is 1. The highest BCUT2D eigenvalue weighted by Gasteiger charge is 2.26. The number of para-hydroxylation sites is 1. The van der Waals surface area contributed by atoms with Crippen molar-refractivity contribution < 1.29 is 14.0 Å². The first-order valence-corrected chi connectivity index (χ1v) is 9.83. The summed E-state index contributed by atoms with van der Waals surface area (Å²) in [5.74, 6) is -0.864. The quantitative estimate of drug-likeness (QED) is 0.696. The van der Waals surface area contributed by atoms with Crippen molar-refractivity contribution in [1.29, 1.82) is 0 Å². The van der Waals surface area contributed by atoms with Gasteiger partial charge in [-0.15, -0.1) is 11.3 Å². The molecule has 0 spiro atoms. The third-order valence-electron chi connectivity index (χ3n) is 4.43. The lowest BCUT2D eigenvalue weighted by molar-refractivity contribution is -0.118. The number of anilines is 2. The van der Waals surface area contributed by atoms with Crippen molar-refractivity contribution in [1.82, 2.24) is 4.98 Å². The molecule has 2 amide bonds. The second-order valence-corrected chi connectivity index (χ2v) is 7.68. The Kier molecular flexibility index (Phi) is 5.18. The van der Waals surface area contributed by atoms with Gasteiger partial charge in [-0.3, -0.25) is 14.9 Å². The molecule has 2 heterocycles. The molecule has 0 saturated carbocycles. The van der Waals surface area contributed by atoms with Crippen LogP contribution in [0.15, 0.2) is 59.7 Å². The normalized spacial score (nSPS) is 13.9. The summed E-state index contributed by atoms with van der Waals surface area (Å²) >= 11 is 1.33. The minimum absolute atomic E-state index is 0.156. The van der Waals surface area contributed by atoms with E-state index in [1.54, 1.807) is 24.3 Å². The van der Waals surface area contributed by atoms with Crippen LogP contribution in [0.5, 0.6) is 0 Å². The van der Waals surface area contributed by atoms with E-state index < -0.39 is 5.91 Å². The van der Waals surface area contributed by atoms with Gasteiger partial charge in [-0.05, 0) is 43.3 Å². The molecule has 6 nitrogen and oxygen atoms in total.